The lowest BCUT2D eigenvalue weighted by Gasteiger charge is -2.43. The van der Waals surface area contributed by atoms with Gasteiger partial charge in [-0.15, -0.1) is 0 Å². The molecule has 1 atom stereocenters. The first kappa shape index (κ1) is 14.0. The van der Waals surface area contributed by atoms with Crippen LogP contribution in [-0.4, -0.2) is 60.7 Å². The minimum absolute atomic E-state index is 0.0525. The molecule has 2 fully saturated rings. The summed E-state index contributed by atoms with van der Waals surface area (Å²) >= 11 is 1.97. The van der Waals surface area contributed by atoms with E-state index in [1.807, 2.05) is 11.8 Å². The second kappa shape index (κ2) is 6.20. The Morgan fingerprint density at radius 3 is 2.95 bits per heavy atom. The van der Waals surface area contributed by atoms with Crippen LogP contribution in [0, 0.1) is 0 Å². The fourth-order valence-corrected chi connectivity index (χ4v) is 4.35. The summed E-state index contributed by atoms with van der Waals surface area (Å²) in [7, 11) is 0. The Kier molecular flexibility index (Phi) is 4.33. The van der Waals surface area contributed by atoms with Gasteiger partial charge in [0.15, 0.2) is 0 Å². The molecule has 5 nitrogen and oxygen atoms in total. The maximum absolute atomic E-state index is 12.1. The summed E-state index contributed by atoms with van der Waals surface area (Å²) in [6.07, 6.45) is 4.14. The third-order valence-electron chi connectivity index (χ3n) is 4.13. The van der Waals surface area contributed by atoms with E-state index in [2.05, 4.69) is 10.2 Å². The maximum atomic E-state index is 12.1. The number of carbonyl (C=O) groups excluding carboxylic acids is 1. The molecule has 0 aliphatic carbocycles. The van der Waals surface area contributed by atoms with E-state index in [4.69, 9.17) is 9.15 Å². The number of amides is 1. The number of nitrogens with one attached hydrogen (secondary N) is 1. The second-order valence-corrected chi connectivity index (χ2v) is 6.43. The molecule has 0 saturated carbocycles. The zero-order valence-corrected chi connectivity index (χ0v) is 12.3. The number of thioether (sulfide) groups is 1. The average molecular weight is 296 g/mol. The van der Waals surface area contributed by atoms with Gasteiger partial charge in [0.05, 0.1) is 25.0 Å². The fraction of sp³-hybridized carbons (Fsp3) is 0.643. The van der Waals surface area contributed by atoms with Gasteiger partial charge >= 0.3 is 0 Å². The molecule has 3 heterocycles. The van der Waals surface area contributed by atoms with Crippen LogP contribution in [-0.2, 0) is 4.74 Å². The number of nitrogens with zero attached hydrogens (tertiary/aromatic N) is 1. The summed E-state index contributed by atoms with van der Waals surface area (Å²) in [6, 6.07) is 1.69. The van der Waals surface area contributed by atoms with E-state index in [1.165, 1.54) is 18.3 Å². The quantitative estimate of drug-likeness (QED) is 0.905. The van der Waals surface area contributed by atoms with E-state index in [1.54, 1.807) is 6.07 Å². The number of hydrogen-bond acceptors (Lipinski definition) is 5. The van der Waals surface area contributed by atoms with Crippen molar-refractivity contribution in [2.75, 3.05) is 44.4 Å². The Bertz CT molecular complexity index is 437. The number of ether oxygens (including phenoxy) is 1. The molecule has 0 spiro atoms. The average Bonchev–Trinajstić information content (AvgIpc) is 3.18. The highest BCUT2D eigenvalue weighted by Gasteiger charge is 2.40. The lowest BCUT2D eigenvalue weighted by molar-refractivity contribution is -0.0129. The van der Waals surface area contributed by atoms with Gasteiger partial charge in [0.25, 0.3) is 5.91 Å². The summed E-state index contributed by atoms with van der Waals surface area (Å²) in [4.78, 5) is 14.6. The number of furan rings is 1. The number of hydrogen-bond donors (Lipinski definition) is 1. The molecule has 6 heteroatoms. The molecule has 0 aromatic carbocycles. The van der Waals surface area contributed by atoms with Crippen LogP contribution in [0.5, 0.6) is 0 Å². The highest BCUT2D eigenvalue weighted by molar-refractivity contribution is 7.99. The van der Waals surface area contributed by atoms with E-state index in [0.717, 1.165) is 38.5 Å². The van der Waals surface area contributed by atoms with Crippen molar-refractivity contribution < 1.29 is 13.9 Å². The zero-order chi connectivity index (χ0) is 13.8. The maximum Gasteiger partial charge on any atom is 0.254 e. The van der Waals surface area contributed by atoms with Gasteiger partial charge in [0, 0.05) is 30.9 Å². The molecule has 2 aliphatic rings. The molecule has 1 aromatic heterocycles. The minimum atomic E-state index is -0.0525. The van der Waals surface area contributed by atoms with Crippen molar-refractivity contribution in [3.05, 3.63) is 24.2 Å². The van der Waals surface area contributed by atoms with Crippen LogP contribution in [0.3, 0.4) is 0 Å². The number of carbonyl (C=O) groups is 1. The molecule has 20 heavy (non-hydrogen) atoms. The fourth-order valence-electron chi connectivity index (χ4n) is 2.88. The second-order valence-electron chi connectivity index (χ2n) is 5.32. The predicted octanol–water partition coefficient (Wildman–Crippen LogP) is 1.22. The van der Waals surface area contributed by atoms with Crippen LogP contribution in [0.4, 0.5) is 0 Å². The van der Waals surface area contributed by atoms with Crippen molar-refractivity contribution in [1.29, 1.82) is 0 Å². The van der Waals surface area contributed by atoms with Crippen LogP contribution >= 0.6 is 11.8 Å². The highest BCUT2D eigenvalue weighted by atomic mass is 32.2. The first-order chi connectivity index (χ1) is 9.80. The molecule has 3 rings (SSSR count). The summed E-state index contributed by atoms with van der Waals surface area (Å²) in [5.74, 6) is 2.20. The van der Waals surface area contributed by atoms with Crippen LogP contribution in [0.15, 0.2) is 23.0 Å². The molecule has 0 bridgehead atoms. The van der Waals surface area contributed by atoms with E-state index >= 15 is 0 Å². The first-order valence-corrected chi connectivity index (χ1v) is 8.17. The largest absolute Gasteiger partial charge is 0.472 e. The molecular weight excluding hydrogens is 276 g/mol. The van der Waals surface area contributed by atoms with E-state index in [0.29, 0.717) is 12.1 Å². The summed E-state index contributed by atoms with van der Waals surface area (Å²) in [5, 5.41) is 3.07. The molecule has 2 aliphatic heterocycles. The van der Waals surface area contributed by atoms with Gasteiger partial charge in [-0.1, -0.05) is 0 Å². The highest BCUT2D eigenvalue weighted by Crippen LogP contribution is 2.33. The number of rotatable bonds is 4. The summed E-state index contributed by atoms with van der Waals surface area (Å²) < 4.78 is 10.4. The molecule has 0 radical (unpaired) electrons. The van der Waals surface area contributed by atoms with E-state index < -0.39 is 0 Å². The van der Waals surface area contributed by atoms with E-state index in [9.17, 15) is 4.79 Å². The topological polar surface area (TPSA) is 54.7 Å². The third kappa shape index (κ3) is 2.87. The molecule has 1 aromatic rings. The predicted molar refractivity (Wildman–Crippen MR) is 78.1 cm³/mol. The van der Waals surface area contributed by atoms with Gasteiger partial charge in [-0.25, -0.2) is 0 Å². The molecule has 2 saturated heterocycles. The number of morpholine rings is 1. The summed E-state index contributed by atoms with van der Waals surface area (Å²) in [6.45, 7) is 4.21. The Balaban J connectivity index is 1.63. The van der Waals surface area contributed by atoms with Gasteiger partial charge < -0.3 is 14.5 Å². The summed E-state index contributed by atoms with van der Waals surface area (Å²) in [5.41, 5.74) is 0.682. The Hall–Kier alpha value is -0.980. The van der Waals surface area contributed by atoms with Gasteiger partial charge in [-0.2, -0.15) is 11.8 Å². The Morgan fingerprint density at radius 1 is 1.45 bits per heavy atom. The van der Waals surface area contributed by atoms with Crippen molar-refractivity contribution in [2.45, 2.75) is 12.0 Å². The van der Waals surface area contributed by atoms with Crippen molar-refractivity contribution in [2.24, 2.45) is 0 Å². The van der Waals surface area contributed by atoms with Gasteiger partial charge in [0.2, 0.25) is 0 Å². The van der Waals surface area contributed by atoms with Crippen molar-refractivity contribution in [1.82, 2.24) is 10.2 Å². The third-order valence-corrected chi connectivity index (χ3v) is 5.36. The lowest BCUT2D eigenvalue weighted by atomic mass is 9.95. The molecule has 1 unspecified atom stereocenters. The monoisotopic (exact) mass is 296 g/mol. The van der Waals surface area contributed by atoms with Crippen LogP contribution < -0.4 is 5.32 Å². The van der Waals surface area contributed by atoms with Crippen molar-refractivity contribution in [3.8, 4) is 0 Å². The Labute approximate surface area is 123 Å². The van der Waals surface area contributed by atoms with Crippen LogP contribution in [0.1, 0.15) is 16.8 Å². The van der Waals surface area contributed by atoms with Crippen molar-refractivity contribution in [3.63, 3.8) is 0 Å². The van der Waals surface area contributed by atoms with E-state index in [-0.39, 0.29) is 11.4 Å². The normalized spacial score (nSPS) is 27.6. The van der Waals surface area contributed by atoms with Gasteiger partial charge in [-0.3, -0.25) is 9.69 Å². The minimum Gasteiger partial charge on any atom is -0.472 e. The SMILES string of the molecule is O=C(NCC1(N2CCOCC2)CCSC1)c1ccoc1. The smallest absolute Gasteiger partial charge is 0.254 e. The molecule has 1 N–H and O–H groups in total. The zero-order valence-electron chi connectivity index (χ0n) is 11.5. The Morgan fingerprint density at radius 2 is 2.30 bits per heavy atom. The molecule has 110 valence electrons. The van der Waals surface area contributed by atoms with Gasteiger partial charge in [0.1, 0.15) is 6.26 Å². The standard InChI is InChI=1S/C14H20N2O3S/c17-13(12-1-5-19-9-12)15-10-14(2-8-20-11-14)16-3-6-18-7-4-16/h1,5,9H,2-4,6-8,10-11H2,(H,15,17). The molecular formula is C14H20N2O3S. The van der Waals surface area contributed by atoms with Crippen molar-refractivity contribution >= 4 is 17.7 Å². The van der Waals surface area contributed by atoms with Crippen LogP contribution in [0.2, 0.25) is 0 Å². The lowest BCUT2D eigenvalue weighted by Crippen LogP contribution is -2.59. The molecule has 1 amide bonds. The van der Waals surface area contributed by atoms with Crippen LogP contribution in [0.25, 0.3) is 0 Å². The van der Waals surface area contributed by atoms with Gasteiger partial charge in [-0.05, 0) is 18.2 Å². The first-order valence-electron chi connectivity index (χ1n) is 7.01.